The van der Waals surface area contributed by atoms with Gasteiger partial charge in [-0.25, -0.2) is 4.68 Å². The van der Waals surface area contributed by atoms with Gasteiger partial charge in [-0.2, -0.15) is 5.10 Å². The van der Waals surface area contributed by atoms with Crippen LogP contribution < -0.4 is 14.8 Å². The summed E-state index contributed by atoms with van der Waals surface area (Å²) in [5.74, 6) is 1.05. The molecule has 0 aliphatic carbocycles. The molecule has 0 saturated carbocycles. The van der Waals surface area contributed by atoms with Gasteiger partial charge >= 0.3 is 0 Å². The van der Waals surface area contributed by atoms with E-state index < -0.39 is 0 Å². The molecule has 0 aliphatic heterocycles. The van der Waals surface area contributed by atoms with Crippen LogP contribution in [0.3, 0.4) is 0 Å². The fourth-order valence-electron chi connectivity index (χ4n) is 3.96. The fraction of sp³-hybridized carbons (Fsp3) is 0.172. The molecule has 0 unspecified atom stereocenters. The fourth-order valence-corrected chi connectivity index (χ4v) is 3.96. The lowest BCUT2D eigenvalue weighted by atomic mass is 10.1. The third-order valence-corrected chi connectivity index (χ3v) is 5.82. The third-order valence-electron chi connectivity index (χ3n) is 5.82. The Kier molecular flexibility index (Phi) is 7.31. The van der Waals surface area contributed by atoms with Crippen molar-refractivity contribution < 1.29 is 14.3 Å². The Morgan fingerprint density at radius 1 is 1.00 bits per heavy atom. The van der Waals surface area contributed by atoms with E-state index in [-0.39, 0.29) is 5.91 Å². The molecule has 6 nitrogen and oxygen atoms in total. The van der Waals surface area contributed by atoms with Gasteiger partial charge in [0.1, 0.15) is 5.69 Å². The highest BCUT2D eigenvalue weighted by Gasteiger charge is 2.14. The molecule has 0 saturated heterocycles. The number of rotatable bonds is 8. The van der Waals surface area contributed by atoms with Crippen LogP contribution >= 0.6 is 0 Å². The van der Waals surface area contributed by atoms with Crippen molar-refractivity contribution in [2.45, 2.75) is 20.3 Å². The lowest BCUT2D eigenvalue weighted by molar-refractivity contribution is -0.111. The standard InChI is InChI=1S/C29H29N3O3/c1-5-21-11-9-10-20(2)28(21)30-27(33)17-15-23-19-32(24-12-7-6-8-13-24)31-29(23)22-14-16-25(34-3)26(18-22)35-4/h6-19H,5H2,1-4H3,(H,30,33). The van der Waals surface area contributed by atoms with E-state index in [4.69, 9.17) is 14.6 Å². The highest BCUT2D eigenvalue weighted by Crippen LogP contribution is 2.34. The van der Waals surface area contributed by atoms with Gasteiger partial charge in [-0.05, 0) is 60.9 Å². The van der Waals surface area contributed by atoms with E-state index in [0.29, 0.717) is 11.5 Å². The molecule has 6 heteroatoms. The van der Waals surface area contributed by atoms with Gasteiger partial charge in [-0.1, -0.05) is 43.3 Å². The number of ether oxygens (including phenoxy) is 2. The second-order valence-electron chi connectivity index (χ2n) is 8.07. The summed E-state index contributed by atoms with van der Waals surface area (Å²) in [6, 6.07) is 21.5. The van der Waals surface area contributed by atoms with Gasteiger partial charge in [0.2, 0.25) is 5.91 Å². The molecular weight excluding hydrogens is 438 g/mol. The average molecular weight is 468 g/mol. The Morgan fingerprint density at radius 3 is 2.49 bits per heavy atom. The van der Waals surface area contributed by atoms with Gasteiger partial charge < -0.3 is 14.8 Å². The normalized spacial score (nSPS) is 11.0. The highest BCUT2D eigenvalue weighted by atomic mass is 16.5. The number of aromatic nitrogens is 2. The van der Waals surface area contributed by atoms with Crippen LogP contribution in [0.4, 0.5) is 5.69 Å². The molecule has 0 fully saturated rings. The van der Waals surface area contributed by atoms with Crippen molar-refractivity contribution in [1.82, 2.24) is 9.78 Å². The first kappa shape index (κ1) is 23.8. The second-order valence-corrected chi connectivity index (χ2v) is 8.07. The first-order valence-electron chi connectivity index (χ1n) is 11.5. The van der Waals surface area contributed by atoms with Crippen LogP contribution in [0.15, 0.2) is 79.0 Å². The van der Waals surface area contributed by atoms with Crippen LogP contribution in [0.25, 0.3) is 23.0 Å². The van der Waals surface area contributed by atoms with Gasteiger partial charge in [0.25, 0.3) is 0 Å². The number of nitrogens with zero attached hydrogens (tertiary/aromatic N) is 2. The maximum absolute atomic E-state index is 12.9. The molecule has 1 amide bonds. The maximum Gasteiger partial charge on any atom is 0.248 e. The minimum atomic E-state index is -0.195. The van der Waals surface area contributed by atoms with Crippen LogP contribution in [0.5, 0.6) is 11.5 Å². The zero-order valence-corrected chi connectivity index (χ0v) is 20.4. The quantitative estimate of drug-likeness (QED) is 0.319. The number of carbonyl (C=O) groups excluding carboxylic acids is 1. The molecule has 178 valence electrons. The Balaban J connectivity index is 1.70. The maximum atomic E-state index is 12.9. The number of amides is 1. The van der Waals surface area contributed by atoms with Crippen molar-refractivity contribution in [3.8, 4) is 28.4 Å². The SMILES string of the molecule is CCc1cccc(C)c1NC(=O)C=Cc1cn(-c2ccccc2)nc1-c1ccc(OC)c(OC)c1. The van der Waals surface area contributed by atoms with E-state index in [2.05, 4.69) is 12.2 Å². The molecule has 4 rings (SSSR count). The number of aryl methyl sites for hydroxylation is 2. The van der Waals surface area contributed by atoms with Crippen molar-refractivity contribution in [2.24, 2.45) is 0 Å². The van der Waals surface area contributed by atoms with Gasteiger partial charge in [-0.3, -0.25) is 4.79 Å². The van der Waals surface area contributed by atoms with E-state index in [0.717, 1.165) is 45.7 Å². The van der Waals surface area contributed by atoms with E-state index in [1.165, 1.54) is 0 Å². The van der Waals surface area contributed by atoms with E-state index >= 15 is 0 Å². The molecule has 1 aromatic heterocycles. The summed E-state index contributed by atoms with van der Waals surface area (Å²) in [6.45, 7) is 4.07. The lowest BCUT2D eigenvalue weighted by Gasteiger charge is -2.11. The third kappa shape index (κ3) is 5.27. The molecule has 4 aromatic rings. The molecule has 1 heterocycles. The summed E-state index contributed by atoms with van der Waals surface area (Å²) in [5.41, 5.74) is 6.31. The lowest BCUT2D eigenvalue weighted by Crippen LogP contribution is -2.11. The number of hydrogen-bond acceptors (Lipinski definition) is 4. The Morgan fingerprint density at radius 2 is 1.77 bits per heavy atom. The zero-order chi connectivity index (χ0) is 24.8. The number of anilines is 1. The summed E-state index contributed by atoms with van der Waals surface area (Å²) in [5, 5.41) is 7.86. The van der Waals surface area contributed by atoms with Gasteiger partial charge in [-0.15, -0.1) is 0 Å². The minimum Gasteiger partial charge on any atom is -0.493 e. The molecule has 35 heavy (non-hydrogen) atoms. The van der Waals surface area contributed by atoms with Crippen LogP contribution in [-0.2, 0) is 11.2 Å². The number of carbonyl (C=O) groups is 1. The number of methoxy groups -OCH3 is 2. The molecule has 3 aromatic carbocycles. The van der Waals surface area contributed by atoms with Crippen molar-refractivity contribution in [3.05, 3.63) is 95.7 Å². The largest absolute Gasteiger partial charge is 0.493 e. The average Bonchev–Trinajstić information content (AvgIpc) is 3.33. The molecule has 0 spiro atoms. The van der Waals surface area contributed by atoms with Gasteiger partial charge in [0.15, 0.2) is 11.5 Å². The summed E-state index contributed by atoms with van der Waals surface area (Å²) in [7, 11) is 3.21. The van der Waals surface area contributed by atoms with E-state index in [1.807, 2.05) is 79.9 Å². The summed E-state index contributed by atoms with van der Waals surface area (Å²) < 4.78 is 12.7. The second kappa shape index (κ2) is 10.7. The van der Waals surface area contributed by atoms with Gasteiger partial charge in [0.05, 0.1) is 19.9 Å². The summed E-state index contributed by atoms with van der Waals surface area (Å²) in [4.78, 5) is 12.9. The molecule has 1 N–H and O–H groups in total. The first-order chi connectivity index (χ1) is 17.0. The van der Waals surface area contributed by atoms with Crippen molar-refractivity contribution in [3.63, 3.8) is 0 Å². The van der Waals surface area contributed by atoms with Crippen LogP contribution in [0.2, 0.25) is 0 Å². The molecule has 0 radical (unpaired) electrons. The summed E-state index contributed by atoms with van der Waals surface area (Å²) >= 11 is 0. The minimum absolute atomic E-state index is 0.195. The number of benzene rings is 3. The topological polar surface area (TPSA) is 65.4 Å². The van der Waals surface area contributed by atoms with Crippen LogP contribution in [0.1, 0.15) is 23.6 Å². The number of nitrogens with one attached hydrogen (secondary N) is 1. The van der Waals surface area contributed by atoms with E-state index in [9.17, 15) is 4.79 Å². The van der Waals surface area contributed by atoms with Crippen molar-refractivity contribution >= 4 is 17.7 Å². The monoisotopic (exact) mass is 467 g/mol. The summed E-state index contributed by atoms with van der Waals surface area (Å²) in [6.07, 6.45) is 6.09. The van der Waals surface area contributed by atoms with Crippen molar-refractivity contribution in [1.29, 1.82) is 0 Å². The smallest absolute Gasteiger partial charge is 0.248 e. The van der Waals surface area contributed by atoms with Crippen molar-refractivity contribution in [2.75, 3.05) is 19.5 Å². The van der Waals surface area contributed by atoms with Crippen LogP contribution in [0, 0.1) is 6.92 Å². The molecular formula is C29H29N3O3. The predicted octanol–water partition coefficient (Wildman–Crippen LogP) is 6.08. The Labute approximate surface area is 205 Å². The van der Waals surface area contributed by atoms with Crippen LogP contribution in [-0.4, -0.2) is 29.9 Å². The zero-order valence-electron chi connectivity index (χ0n) is 20.4. The highest BCUT2D eigenvalue weighted by molar-refractivity contribution is 6.03. The molecule has 0 aliphatic rings. The first-order valence-corrected chi connectivity index (χ1v) is 11.5. The number of hydrogen-bond donors (Lipinski definition) is 1. The van der Waals surface area contributed by atoms with Gasteiger partial charge in [0, 0.05) is 29.1 Å². The molecule has 0 bridgehead atoms. The predicted molar refractivity (Wildman–Crippen MR) is 140 cm³/mol. The number of para-hydroxylation sites is 2. The Hall–Kier alpha value is -4.32. The van der Waals surface area contributed by atoms with E-state index in [1.54, 1.807) is 31.1 Å². The molecule has 0 atom stereocenters. The Bertz CT molecular complexity index is 1360.